The van der Waals surface area contributed by atoms with E-state index in [4.69, 9.17) is 18.9 Å². The molecule has 4 nitrogen and oxygen atoms in total. The third-order valence-electron chi connectivity index (χ3n) is 4.99. The van der Waals surface area contributed by atoms with Gasteiger partial charge in [0.05, 0.1) is 13.2 Å². The number of benzene rings is 2. The van der Waals surface area contributed by atoms with E-state index in [2.05, 4.69) is 52.0 Å². The van der Waals surface area contributed by atoms with Gasteiger partial charge in [-0.05, 0) is 85.3 Å². The summed E-state index contributed by atoms with van der Waals surface area (Å²) in [6.45, 7) is 11.4. The molecule has 2 aromatic carbocycles. The number of rotatable bonds is 7. The molecule has 0 aliphatic carbocycles. The predicted octanol–water partition coefficient (Wildman–Crippen LogP) is 4.14. The quantitative estimate of drug-likeness (QED) is 0.701. The summed E-state index contributed by atoms with van der Waals surface area (Å²) in [6, 6.07) is 8.71. The van der Waals surface area contributed by atoms with E-state index in [1.54, 1.807) is 0 Å². The van der Waals surface area contributed by atoms with E-state index in [0.29, 0.717) is 13.2 Å². The lowest BCUT2D eigenvalue weighted by Gasteiger charge is -2.17. The lowest BCUT2D eigenvalue weighted by atomic mass is 9.93. The van der Waals surface area contributed by atoms with Crippen molar-refractivity contribution >= 4 is 0 Å². The highest BCUT2D eigenvalue weighted by Crippen LogP contribution is 2.35. The summed E-state index contributed by atoms with van der Waals surface area (Å²) in [4.78, 5) is 0. The third-order valence-corrected chi connectivity index (χ3v) is 4.99. The van der Waals surface area contributed by atoms with Crippen LogP contribution in [0, 0.1) is 27.7 Å². The van der Waals surface area contributed by atoms with Crippen molar-refractivity contribution in [1.82, 2.24) is 0 Å². The first-order chi connectivity index (χ1) is 12.5. The molecular formula is C22H26O4. The molecule has 0 amide bonds. The van der Waals surface area contributed by atoms with Gasteiger partial charge >= 0.3 is 0 Å². The second kappa shape index (κ2) is 6.93. The van der Waals surface area contributed by atoms with Crippen molar-refractivity contribution in [2.75, 3.05) is 26.4 Å². The lowest BCUT2D eigenvalue weighted by Crippen LogP contribution is -2.06. The molecule has 2 atom stereocenters. The van der Waals surface area contributed by atoms with Gasteiger partial charge in [-0.15, -0.1) is 0 Å². The van der Waals surface area contributed by atoms with Crippen LogP contribution >= 0.6 is 0 Å². The normalized spacial score (nSPS) is 20.8. The Morgan fingerprint density at radius 3 is 1.42 bits per heavy atom. The molecule has 0 N–H and O–H groups in total. The van der Waals surface area contributed by atoms with Gasteiger partial charge in [-0.3, -0.25) is 0 Å². The van der Waals surface area contributed by atoms with Gasteiger partial charge in [0.15, 0.2) is 0 Å². The van der Waals surface area contributed by atoms with Crippen LogP contribution in [0.2, 0.25) is 0 Å². The minimum absolute atomic E-state index is 0.271. The number of epoxide rings is 2. The third kappa shape index (κ3) is 3.87. The molecule has 2 aromatic rings. The van der Waals surface area contributed by atoms with Crippen molar-refractivity contribution in [2.45, 2.75) is 39.9 Å². The van der Waals surface area contributed by atoms with Gasteiger partial charge in [0.2, 0.25) is 0 Å². The monoisotopic (exact) mass is 354 g/mol. The Bertz CT molecular complexity index is 750. The van der Waals surface area contributed by atoms with Gasteiger partial charge in [0.25, 0.3) is 0 Å². The van der Waals surface area contributed by atoms with Crippen LogP contribution in [0.5, 0.6) is 11.5 Å². The van der Waals surface area contributed by atoms with Crippen LogP contribution in [0.4, 0.5) is 0 Å². The maximum atomic E-state index is 5.91. The molecule has 2 unspecified atom stereocenters. The molecule has 26 heavy (non-hydrogen) atoms. The molecular weight excluding hydrogens is 328 g/mol. The number of ether oxygens (including phenoxy) is 4. The second-order valence-corrected chi connectivity index (χ2v) is 7.40. The van der Waals surface area contributed by atoms with Gasteiger partial charge in [0.1, 0.15) is 36.9 Å². The summed E-state index contributed by atoms with van der Waals surface area (Å²) in [5.41, 5.74) is 7.21. The molecule has 4 heteroatoms. The molecule has 2 saturated heterocycles. The SMILES string of the molecule is Cc1cc(-c2cc(C)c(OCC3CO3)cc2C)c(C)cc1OCC1CO1. The lowest BCUT2D eigenvalue weighted by molar-refractivity contribution is 0.261. The smallest absolute Gasteiger partial charge is 0.122 e. The number of hydrogen-bond donors (Lipinski definition) is 0. The van der Waals surface area contributed by atoms with Gasteiger partial charge in [-0.1, -0.05) is 0 Å². The van der Waals surface area contributed by atoms with Gasteiger partial charge in [0, 0.05) is 0 Å². The highest BCUT2D eigenvalue weighted by molar-refractivity contribution is 5.74. The minimum atomic E-state index is 0.271. The van der Waals surface area contributed by atoms with Crippen molar-refractivity contribution in [3.05, 3.63) is 46.5 Å². The van der Waals surface area contributed by atoms with E-state index < -0.39 is 0 Å². The summed E-state index contributed by atoms with van der Waals surface area (Å²) < 4.78 is 22.3. The Kier molecular flexibility index (Phi) is 4.63. The Morgan fingerprint density at radius 2 is 1.08 bits per heavy atom. The first-order valence-electron chi connectivity index (χ1n) is 9.23. The van der Waals surface area contributed by atoms with Crippen LogP contribution in [-0.2, 0) is 9.47 Å². The fourth-order valence-electron chi connectivity index (χ4n) is 3.16. The number of aryl methyl sites for hydroxylation is 4. The summed E-state index contributed by atoms with van der Waals surface area (Å²) in [6.07, 6.45) is 0.542. The molecule has 2 heterocycles. The Morgan fingerprint density at radius 1 is 0.692 bits per heavy atom. The number of hydrogen-bond acceptors (Lipinski definition) is 4. The maximum Gasteiger partial charge on any atom is 0.122 e. The van der Waals surface area contributed by atoms with E-state index in [9.17, 15) is 0 Å². The molecule has 2 fully saturated rings. The van der Waals surface area contributed by atoms with Gasteiger partial charge < -0.3 is 18.9 Å². The van der Waals surface area contributed by atoms with Crippen LogP contribution < -0.4 is 9.47 Å². The molecule has 0 saturated carbocycles. The molecule has 2 aliphatic heterocycles. The van der Waals surface area contributed by atoms with Crippen molar-refractivity contribution in [3.63, 3.8) is 0 Å². The largest absolute Gasteiger partial charge is 0.491 e. The van der Waals surface area contributed by atoms with E-state index in [-0.39, 0.29) is 12.2 Å². The summed E-state index contributed by atoms with van der Waals surface area (Å²) in [7, 11) is 0. The Balaban J connectivity index is 1.59. The zero-order valence-electron chi connectivity index (χ0n) is 15.9. The van der Waals surface area contributed by atoms with Crippen LogP contribution in [-0.4, -0.2) is 38.6 Å². The van der Waals surface area contributed by atoms with Crippen LogP contribution in [0.1, 0.15) is 22.3 Å². The Hall–Kier alpha value is -2.04. The van der Waals surface area contributed by atoms with Crippen molar-refractivity contribution in [3.8, 4) is 22.6 Å². The highest BCUT2D eigenvalue weighted by Gasteiger charge is 2.24. The molecule has 0 bridgehead atoms. The molecule has 0 aromatic heterocycles. The molecule has 138 valence electrons. The predicted molar refractivity (Wildman–Crippen MR) is 101 cm³/mol. The summed E-state index contributed by atoms with van der Waals surface area (Å²) >= 11 is 0. The fraction of sp³-hybridized carbons (Fsp3) is 0.455. The summed E-state index contributed by atoms with van der Waals surface area (Å²) in [5, 5.41) is 0. The molecule has 2 aliphatic rings. The average molecular weight is 354 g/mol. The van der Waals surface area contributed by atoms with Crippen molar-refractivity contribution < 1.29 is 18.9 Å². The minimum Gasteiger partial charge on any atom is -0.491 e. The van der Waals surface area contributed by atoms with E-state index in [1.165, 1.54) is 22.3 Å². The van der Waals surface area contributed by atoms with Crippen LogP contribution in [0.3, 0.4) is 0 Å². The van der Waals surface area contributed by atoms with Crippen molar-refractivity contribution in [1.29, 1.82) is 0 Å². The fourth-order valence-corrected chi connectivity index (χ4v) is 3.16. The van der Waals surface area contributed by atoms with E-state index in [0.717, 1.165) is 35.8 Å². The zero-order valence-corrected chi connectivity index (χ0v) is 15.9. The first kappa shape index (κ1) is 17.4. The van der Waals surface area contributed by atoms with Gasteiger partial charge in [-0.25, -0.2) is 0 Å². The maximum absolute atomic E-state index is 5.91. The molecule has 4 rings (SSSR count). The molecule has 0 spiro atoms. The highest BCUT2D eigenvalue weighted by atomic mass is 16.6. The Labute approximate surface area is 155 Å². The second-order valence-electron chi connectivity index (χ2n) is 7.40. The van der Waals surface area contributed by atoms with Crippen molar-refractivity contribution in [2.24, 2.45) is 0 Å². The van der Waals surface area contributed by atoms with E-state index in [1.807, 2.05) is 0 Å². The topological polar surface area (TPSA) is 43.5 Å². The first-order valence-corrected chi connectivity index (χ1v) is 9.23. The standard InChI is InChI=1S/C22H26O4/c1-13-7-21(25-11-17-9-23-17)15(3)5-19(13)20-6-16(4)22(8-14(20)2)26-12-18-10-24-18/h5-8,17-18H,9-12H2,1-4H3. The molecule has 0 radical (unpaired) electrons. The van der Waals surface area contributed by atoms with Gasteiger partial charge in [-0.2, -0.15) is 0 Å². The zero-order chi connectivity index (χ0) is 18.3. The summed E-state index contributed by atoms with van der Waals surface area (Å²) in [5.74, 6) is 1.89. The van der Waals surface area contributed by atoms with Crippen LogP contribution in [0.15, 0.2) is 24.3 Å². The van der Waals surface area contributed by atoms with Crippen LogP contribution in [0.25, 0.3) is 11.1 Å². The van der Waals surface area contributed by atoms with E-state index >= 15 is 0 Å². The average Bonchev–Trinajstić information content (AvgIpc) is 3.50.